The van der Waals surface area contributed by atoms with Crippen LogP contribution in [0.5, 0.6) is 5.75 Å². The fourth-order valence-electron chi connectivity index (χ4n) is 4.51. The zero-order valence-electron chi connectivity index (χ0n) is 21.1. The van der Waals surface area contributed by atoms with E-state index in [0.29, 0.717) is 6.61 Å². The Bertz CT molecular complexity index is 1300. The molecule has 0 bridgehead atoms. The highest BCUT2D eigenvalue weighted by molar-refractivity contribution is 5.61. The lowest BCUT2D eigenvalue weighted by Gasteiger charge is -2.30. The largest absolute Gasteiger partial charge is 0.489 e. The van der Waals surface area contributed by atoms with Gasteiger partial charge in [0, 0.05) is 12.1 Å². The Kier molecular flexibility index (Phi) is 7.74. The monoisotopic (exact) mass is 477 g/mol. The molecular formula is C31H31N3O2. The summed E-state index contributed by atoms with van der Waals surface area (Å²) in [7, 11) is 0. The van der Waals surface area contributed by atoms with Gasteiger partial charge in [0.05, 0.1) is 6.54 Å². The van der Waals surface area contributed by atoms with Gasteiger partial charge in [-0.1, -0.05) is 62.4 Å². The first-order chi connectivity index (χ1) is 17.4. The molecule has 1 heterocycles. The van der Waals surface area contributed by atoms with E-state index in [9.17, 15) is 10.5 Å². The van der Waals surface area contributed by atoms with Crippen molar-refractivity contribution in [3.63, 3.8) is 0 Å². The van der Waals surface area contributed by atoms with Crippen LogP contribution in [0.1, 0.15) is 50.3 Å². The molecular weight excluding hydrogens is 446 g/mol. The topological polar surface area (TPSA) is 69.3 Å². The Morgan fingerprint density at radius 2 is 1.86 bits per heavy atom. The van der Waals surface area contributed by atoms with E-state index in [1.807, 2.05) is 53.6 Å². The van der Waals surface area contributed by atoms with Crippen LogP contribution in [0.3, 0.4) is 0 Å². The lowest BCUT2D eigenvalue weighted by Crippen LogP contribution is -2.17. The van der Waals surface area contributed by atoms with Crippen molar-refractivity contribution in [1.82, 2.24) is 5.06 Å². The Morgan fingerprint density at radius 1 is 1.08 bits per heavy atom. The van der Waals surface area contributed by atoms with Crippen molar-refractivity contribution >= 4 is 11.8 Å². The first kappa shape index (κ1) is 25.0. The number of likely N-dealkylation sites (N-methyl/N-ethyl adjacent to an activating group) is 1. The van der Waals surface area contributed by atoms with Gasteiger partial charge in [0.25, 0.3) is 0 Å². The molecule has 0 unspecified atom stereocenters. The third-order valence-electron chi connectivity index (χ3n) is 6.30. The van der Waals surface area contributed by atoms with Crippen molar-refractivity contribution in [3.05, 3.63) is 100 Å². The van der Waals surface area contributed by atoms with Gasteiger partial charge in [-0.2, -0.15) is 10.5 Å². The minimum atomic E-state index is 0.00746. The number of hydrogen-bond acceptors (Lipinski definition) is 5. The second-order valence-corrected chi connectivity index (χ2v) is 9.89. The number of nitrogens with zero attached hydrogens (tertiary/aromatic N) is 3. The summed E-state index contributed by atoms with van der Waals surface area (Å²) in [6.45, 7) is 8.54. The van der Waals surface area contributed by atoms with Crippen LogP contribution in [0.4, 0.5) is 0 Å². The summed E-state index contributed by atoms with van der Waals surface area (Å²) < 4.78 is 6.02. The van der Waals surface area contributed by atoms with Crippen LogP contribution in [0.15, 0.2) is 83.5 Å². The molecule has 1 aliphatic carbocycles. The van der Waals surface area contributed by atoms with Crippen molar-refractivity contribution in [3.8, 4) is 17.9 Å². The summed E-state index contributed by atoms with van der Waals surface area (Å²) in [5.41, 5.74) is 5.35. The van der Waals surface area contributed by atoms with E-state index in [0.717, 1.165) is 65.3 Å². The van der Waals surface area contributed by atoms with Gasteiger partial charge in [0.15, 0.2) is 5.76 Å². The van der Waals surface area contributed by atoms with Crippen molar-refractivity contribution < 1.29 is 9.57 Å². The molecule has 5 nitrogen and oxygen atoms in total. The van der Waals surface area contributed by atoms with Crippen LogP contribution in [0, 0.1) is 28.1 Å². The molecule has 4 rings (SSSR count). The maximum Gasteiger partial charge on any atom is 0.152 e. The molecule has 5 heteroatoms. The molecule has 0 atom stereocenters. The average molecular weight is 478 g/mol. The van der Waals surface area contributed by atoms with E-state index in [2.05, 4.69) is 57.2 Å². The van der Waals surface area contributed by atoms with Crippen LogP contribution in [0.25, 0.3) is 11.8 Å². The number of hydroxylamine groups is 2. The van der Waals surface area contributed by atoms with Crippen LogP contribution < -0.4 is 4.74 Å². The third kappa shape index (κ3) is 6.33. The van der Waals surface area contributed by atoms with Gasteiger partial charge in [-0.3, -0.25) is 0 Å². The summed E-state index contributed by atoms with van der Waals surface area (Å²) in [6, 6.07) is 20.3. The predicted molar refractivity (Wildman–Crippen MR) is 142 cm³/mol. The first-order valence-corrected chi connectivity index (χ1v) is 12.3. The Balaban J connectivity index is 1.38. The number of benzene rings is 2. The lowest BCUT2D eigenvalue weighted by atomic mass is 9.74. The second-order valence-electron chi connectivity index (χ2n) is 9.89. The number of allylic oxidation sites excluding steroid dienone is 5. The standard InChI is InChI=1S/C31H31N3O2/c1-4-34-15-14-30(36-34)26-7-5-6-25(17-26)22-35-29-12-10-23(11-13-29)8-9-24-16-27(28(20-32)21-33)19-31(2,3)18-24/h5-14,16-17H,4,15,18-19,22H2,1-3H3/b9-8+. The van der Waals surface area contributed by atoms with E-state index in [-0.39, 0.29) is 11.0 Å². The van der Waals surface area contributed by atoms with Crippen molar-refractivity contribution in [2.75, 3.05) is 13.1 Å². The van der Waals surface area contributed by atoms with Crippen molar-refractivity contribution in [2.24, 2.45) is 5.41 Å². The molecule has 0 saturated heterocycles. The van der Waals surface area contributed by atoms with Gasteiger partial charge >= 0.3 is 0 Å². The summed E-state index contributed by atoms with van der Waals surface area (Å²) in [4.78, 5) is 5.85. The first-order valence-electron chi connectivity index (χ1n) is 12.3. The molecule has 0 N–H and O–H groups in total. The Labute approximate surface area is 213 Å². The van der Waals surface area contributed by atoms with Gasteiger partial charge in [0.2, 0.25) is 0 Å². The summed E-state index contributed by atoms with van der Waals surface area (Å²) in [5.74, 6) is 1.70. The van der Waals surface area contributed by atoms with Crippen LogP contribution in [-0.4, -0.2) is 18.2 Å². The molecule has 0 saturated carbocycles. The van der Waals surface area contributed by atoms with Gasteiger partial charge in [0.1, 0.15) is 30.1 Å². The minimum absolute atomic E-state index is 0.00746. The van der Waals surface area contributed by atoms with E-state index >= 15 is 0 Å². The van der Waals surface area contributed by atoms with Gasteiger partial charge < -0.3 is 9.57 Å². The van der Waals surface area contributed by atoms with Crippen molar-refractivity contribution in [1.29, 1.82) is 10.5 Å². The number of rotatable bonds is 7. The van der Waals surface area contributed by atoms with E-state index in [4.69, 9.17) is 9.57 Å². The maximum absolute atomic E-state index is 9.27. The zero-order chi connectivity index (χ0) is 25.5. The van der Waals surface area contributed by atoms with Gasteiger partial charge in [-0.15, -0.1) is 5.06 Å². The molecule has 36 heavy (non-hydrogen) atoms. The fraction of sp³-hybridized carbons (Fsp3) is 0.290. The SMILES string of the molecule is CCN1CC=C(c2cccc(COc3ccc(/C=C/C4=CC(=C(C#N)C#N)CC(C)(C)C4)cc3)c2)O1. The molecule has 2 aromatic carbocycles. The average Bonchev–Trinajstić information content (AvgIpc) is 3.37. The predicted octanol–water partition coefficient (Wildman–Crippen LogP) is 6.98. The Morgan fingerprint density at radius 3 is 2.56 bits per heavy atom. The molecule has 182 valence electrons. The van der Waals surface area contributed by atoms with E-state index < -0.39 is 0 Å². The molecule has 0 amide bonds. The Hall–Kier alpha value is -4.06. The summed E-state index contributed by atoms with van der Waals surface area (Å²) >= 11 is 0. The van der Waals surface area contributed by atoms with Gasteiger partial charge in [-0.25, -0.2) is 0 Å². The van der Waals surface area contributed by atoms with Crippen LogP contribution in [-0.2, 0) is 11.4 Å². The molecule has 0 aromatic heterocycles. The van der Waals surface area contributed by atoms with E-state index in [1.165, 1.54) is 0 Å². The van der Waals surface area contributed by atoms with Crippen LogP contribution in [0.2, 0.25) is 0 Å². The highest BCUT2D eigenvalue weighted by Gasteiger charge is 2.26. The summed E-state index contributed by atoms with van der Waals surface area (Å²) in [5, 5.41) is 20.5. The lowest BCUT2D eigenvalue weighted by molar-refractivity contribution is -0.0559. The third-order valence-corrected chi connectivity index (χ3v) is 6.30. The summed E-state index contributed by atoms with van der Waals surface area (Å²) in [6.07, 6.45) is 9.86. The molecule has 1 aliphatic heterocycles. The van der Waals surface area contributed by atoms with E-state index in [1.54, 1.807) is 0 Å². The highest BCUT2D eigenvalue weighted by Crippen LogP contribution is 2.39. The molecule has 0 fully saturated rings. The fourth-order valence-corrected chi connectivity index (χ4v) is 4.51. The number of ether oxygens (including phenoxy) is 1. The smallest absolute Gasteiger partial charge is 0.152 e. The van der Waals surface area contributed by atoms with Crippen LogP contribution >= 0.6 is 0 Å². The highest BCUT2D eigenvalue weighted by atomic mass is 16.7. The second kappa shape index (κ2) is 11.1. The quantitative estimate of drug-likeness (QED) is 0.403. The maximum atomic E-state index is 9.27. The van der Waals surface area contributed by atoms with Gasteiger partial charge in [-0.05, 0) is 71.7 Å². The molecule has 0 spiro atoms. The van der Waals surface area contributed by atoms with Crippen molar-refractivity contribution in [2.45, 2.75) is 40.2 Å². The normalized spacial score (nSPS) is 17.1. The molecule has 0 radical (unpaired) electrons. The molecule has 2 aliphatic rings. The molecule has 2 aromatic rings. The zero-order valence-corrected chi connectivity index (χ0v) is 21.1. The number of hydrogen-bond donors (Lipinski definition) is 0. The minimum Gasteiger partial charge on any atom is -0.489 e. The number of nitriles is 2.